The Labute approximate surface area is 164 Å². The molecule has 8 heteroatoms. The SMILES string of the molecule is CC(OC(=O)CSCc1ccc(Cl)cc1)c1nc2ccccc2n1C(F)F. The third-order valence-corrected chi connectivity index (χ3v) is 5.12. The predicted molar refractivity (Wildman–Crippen MR) is 103 cm³/mol. The molecule has 0 spiro atoms. The van der Waals surface area contributed by atoms with E-state index in [1.165, 1.54) is 11.8 Å². The molecular formula is C19H17ClF2N2O2S. The van der Waals surface area contributed by atoms with E-state index in [1.807, 2.05) is 12.1 Å². The lowest BCUT2D eigenvalue weighted by Crippen LogP contribution is -2.15. The van der Waals surface area contributed by atoms with Gasteiger partial charge < -0.3 is 4.74 Å². The van der Waals surface area contributed by atoms with Crippen LogP contribution in [0.1, 0.15) is 31.0 Å². The summed E-state index contributed by atoms with van der Waals surface area (Å²) in [5, 5.41) is 0.652. The van der Waals surface area contributed by atoms with Gasteiger partial charge in [0.15, 0.2) is 11.9 Å². The van der Waals surface area contributed by atoms with Crippen LogP contribution in [0.15, 0.2) is 48.5 Å². The lowest BCUT2D eigenvalue weighted by Gasteiger charge is -2.15. The van der Waals surface area contributed by atoms with Gasteiger partial charge in [0, 0.05) is 10.8 Å². The number of esters is 1. The first-order chi connectivity index (χ1) is 13.0. The van der Waals surface area contributed by atoms with E-state index < -0.39 is 18.6 Å². The topological polar surface area (TPSA) is 44.1 Å². The first-order valence-corrected chi connectivity index (χ1v) is 9.75. The van der Waals surface area contributed by atoms with E-state index in [1.54, 1.807) is 43.3 Å². The number of carbonyl (C=O) groups is 1. The Bertz CT molecular complexity index is 931. The fourth-order valence-corrected chi connectivity index (χ4v) is 3.56. The molecule has 1 heterocycles. The van der Waals surface area contributed by atoms with Gasteiger partial charge in [-0.05, 0) is 36.8 Å². The molecule has 0 bridgehead atoms. The molecule has 0 amide bonds. The highest BCUT2D eigenvalue weighted by atomic mass is 35.5. The number of carbonyl (C=O) groups excluding carboxylic acids is 1. The number of rotatable bonds is 7. The summed E-state index contributed by atoms with van der Waals surface area (Å²) < 4.78 is 33.1. The van der Waals surface area contributed by atoms with Crippen molar-refractivity contribution in [1.82, 2.24) is 9.55 Å². The normalized spacial score (nSPS) is 12.5. The Morgan fingerprint density at radius 3 is 2.63 bits per heavy atom. The fraction of sp³-hybridized carbons (Fsp3) is 0.263. The molecule has 2 aromatic carbocycles. The second kappa shape index (κ2) is 8.71. The number of para-hydroxylation sites is 2. The smallest absolute Gasteiger partial charge is 0.320 e. The zero-order chi connectivity index (χ0) is 19.4. The van der Waals surface area contributed by atoms with Crippen molar-refractivity contribution in [3.05, 3.63) is 64.9 Å². The molecule has 0 fully saturated rings. The summed E-state index contributed by atoms with van der Waals surface area (Å²) in [4.78, 5) is 16.3. The molecule has 0 N–H and O–H groups in total. The minimum atomic E-state index is -2.77. The molecule has 1 atom stereocenters. The van der Waals surface area contributed by atoms with Crippen LogP contribution in [-0.2, 0) is 15.3 Å². The van der Waals surface area contributed by atoms with Gasteiger partial charge >= 0.3 is 12.5 Å². The molecule has 1 unspecified atom stereocenters. The molecule has 4 nitrogen and oxygen atoms in total. The monoisotopic (exact) mass is 410 g/mol. The standard InChI is InChI=1S/C19H17ClF2N2O2S/c1-12(18-23-15-4-2-3-5-16(15)24(18)19(21)22)26-17(25)11-27-10-13-6-8-14(20)9-7-13/h2-9,12,19H,10-11H2,1H3. The summed E-state index contributed by atoms with van der Waals surface area (Å²) in [5.74, 6) is 0.287. The Balaban J connectivity index is 1.62. The lowest BCUT2D eigenvalue weighted by atomic mass is 10.2. The van der Waals surface area contributed by atoms with Crippen LogP contribution >= 0.6 is 23.4 Å². The van der Waals surface area contributed by atoms with Crippen molar-refractivity contribution in [1.29, 1.82) is 0 Å². The van der Waals surface area contributed by atoms with Gasteiger partial charge in [-0.2, -0.15) is 8.78 Å². The number of imidazole rings is 1. The highest BCUT2D eigenvalue weighted by molar-refractivity contribution is 7.99. The molecule has 1 aromatic heterocycles. The second-order valence-electron chi connectivity index (χ2n) is 5.86. The van der Waals surface area contributed by atoms with Gasteiger partial charge in [-0.15, -0.1) is 11.8 Å². The van der Waals surface area contributed by atoms with Crippen molar-refractivity contribution >= 4 is 40.4 Å². The average molecular weight is 411 g/mol. The number of thioether (sulfide) groups is 1. The van der Waals surface area contributed by atoms with Crippen LogP contribution in [0.3, 0.4) is 0 Å². The Morgan fingerprint density at radius 1 is 1.22 bits per heavy atom. The molecule has 0 radical (unpaired) electrons. The van der Waals surface area contributed by atoms with Gasteiger partial charge in [0.25, 0.3) is 0 Å². The summed E-state index contributed by atoms with van der Waals surface area (Å²) in [7, 11) is 0. The van der Waals surface area contributed by atoms with Gasteiger partial charge in [-0.3, -0.25) is 9.36 Å². The number of ether oxygens (including phenoxy) is 1. The first-order valence-electron chi connectivity index (χ1n) is 8.22. The molecule has 0 aliphatic heterocycles. The number of alkyl halides is 2. The molecule has 27 heavy (non-hydrogen) atoms. The highest BCUT2D eigenvalue weighted by Crippen LogP contribution is 2.28. The number of hydrogen-bond acceptors (Lipinski definition) is 4. The molecule has 3 rings (SSSR count). The van der Waals surface area contributed by atoms with Crippen molar-refractivity contribution in [2.24, 2.45) is 0 Å². The maximum Gasteiger partial charge on any atom is 0.320 e. The minimum absolute atomic E-state index is 0.0299. The molecule has 3 aromatic rings. The Morgan fingerprint density at radius 2 is 1.93 bits per heavy atom. The minimum Gasteiger partial charge on any atom is -0.454 e. The summed E-state index contributed by atoms with van der Waals surface area (Å²) in [6.07, 6.45) is -0.880. The maximum absolute atomic E-state index is 13.5. The van der Waals surface area contributed by atoms with Crippen LogP contribution in [0.25, 0.3) is 11.0 Å². The fourth-order valence-electron chi connectivity index (χ4n) is 2.67. The summed E-state index contributed by atoms with van der Waals surface area (Å²) in [6.45, 7) is -1.23. The number of benzene rings is 2. The van der Waals surface area contributed by atoms with E-state index in [0.717, 1.165) is 10.1 Å². The van der Waals surface area contributed by atoms with Crippen LogP contribution in [0, 0.1) is 0 Å². The van der Waals surface area contributed by atoms with Gasteiger partial charge in [0.1, 0.15) is 0 Å². The largest absolute Gasteiger partial charge is 0.454 e. The molecule has 0 aliphatic rings. The van der Waals surface area contributed by atoms with Gasteiger partial charge in [0.2, 0.25) is 0 Å². The second-order valence-corrected chi connectivity index (χ2v) is 7.28. The van der Waals surface area contributed by atoms with Crippen LogP contribution in [0.4, 0.5) is 8.78 Å². The lowest BCUT2D eigenvalue weighted by molar-refractivity contribution is -0.146. The summed E-state index contributed by atoms with van der Waals surface area (Å²) in [6, 6.07) is 13.9. The summed E-state index contributed by atoms with van der Waals surface area (Å²) in [5.41, 5.74) is 1.78. The van der Waals surface area contributed by atoms with Crippen molar-refractivity contribution in [2.45, 2.75) is 25.3 Å². The quantitative estimate of drug-likeness (QED) is 0.474. The average Bonchev–Trinajstić information content (AvgIpc) is 3.03. The predicted octanol–water partition coefficient (Wildman–Crippen LogP) is 5.62. The molecule has 0 saturated carbocycles. The Hall–Kier alpha value is -2.12. The van der Waals surface area contributed by atoms with Crippen LogP contribution in [0.2, 0.25) is 5.02 Å². The van der Waals surface area contributed by atoms with Crippen molar-refractivity contribution in [2.75, 3.05) is 5.75 Å². The van der Waals surface area contributed by atoms with Crippen LogP contribution < -0.4 is 0 Å². The molecule has 142 valence electrons. The van der Waals surface area contributed by atoms with E-state index in [9.17, 15) is 13.6 Å². The van der Waals surface area contributed by atoms with E-state index in [4.69, 9.17) is 16.3 Å². The van der Waals surface area contributed by atoms with E-state index in [0.29, 0.717) is 21.8 Å². The third kappa shape index (κ3) is 4.78. The van der Waals surface area contributed by atoms with Gasteiger partial charge in [0.05, 0.1) is 16.8 Å². The third-order valence-electron chi connectivity index (χ3n) is 3.89. The Kier molecular flexibility index (Phi) is 6.34. The number of hydrogen-bond donors (Lipinski definition) is 0. The van der Waals surface area contributed by atoms with Crippen molar-refractivity contribution < 1.29 is 18.3 Å². The molecule has 0 saturated heterocycles. The highest BCUT2D eigenvalue weighted by Gasteiger charge is 2.24. The number of nitrogens with zero attached hydrogens (tertiary/aromatic N) is 2. The van der Waals surface area contributed by atoms with E-state index >= 15 is 0 Å². The maximum atomic E-state index is 13.5. The van der Waals surface area contributed by atoms with Crippen molar-refractivity contribution in [3.63, 3.8) is 0 Å². The first kappa shape index (κ1) is 19.6. The number of halogens is 3. The van der Waals surface area contributed by atoms with Crippen LogP contribution in [-0.4, -0.2) is 21.3 Å². The zero-order valence-corrected chi connectivity index (χ0v) is 16.0. The molecule has 0 aliphatic carbocycles. The van der Waals surface area contributed by atoms with E-state index in [2.05, 4.69) is 4.98 Å². The molecular weight excluding hydrogens is 394 g/mol. The number of fused-ring (bicyclic) bond motifs is 1. The zero-order valence-electron chi connectivity index (χ0n) is 14.4. The van der Waals surface area contributed by atoms with Crippen LogP contribution in [0.5, 0.6) is 0 Å². The number of aromatic nitrogens is 2. The van der Waals surface area contributed by atoms with Gasteiger partial charge in [-0.1, -0.05) is 35.9 Å². The van der Waals surface area contributed by atoms with E-state index in [-0.39, 0.29) is 11.6 Å². The van der Waals surface area contributed by atoms with Crippen molar-refractivity contribution in [3.8, 4) is 0 Å². The summed E-state index contributed by atoms with van der Waals surface area (Å²) >= 11 is 7.21. The van der Waals surface area contributed by atoms with Gasteiger partial charge in [-0.25, -0.2) is 4.98 Å².